The van der Waals surface area contributed by atoms with Crippen molar-refractivity contribution >= 4 is 35.0 Å². The lowest BCUT2D eigenvalue weighted by molar-refractivity contribution is -0.132. The molecule has 3 N–H and O–H groups in total. The first-order valence-electron chi connectivity index (χ1n) is 11.6. The van der Waals surface area contributed by atoms with E-state index in [1.807, 2.05) is 0 Å². The van der Waals surface area contributed by atoms with Crippen LogP contribution in [-0.2, 0) is 9.59 Å². The normalized spacial score (nSPS) is 33.5. The van der Waals surface area contributed by atoms with Gasteiger partial charge in [0, 0.05) is 34.7 Å². The third-order valence-electron chi connectivity index (χ3n) is 7.93. The van der Waals surface area contributed by atoms with Crippen molar-refractivity contribution in [3.8, 4) is 11.5 Å². The second kappa shape index (κ2) is 8.25. The molecule has 2 aromatic carbocycles. The number of rotatable bonds is 6. The molecule has 4 aliphatic rings. The van der Waals surface area contributed by atoms with E-state index < -0.39 is 18.0 Å². The van der Waals surface area contributed by atoms with Gasteiger partial charge >= 0.3 is 0 Å². The number of nitrogens with one attached hydrogen (secondary N) is 2. The highest BCUT2D eigenvalue weighted by molar-refractivity contribution is 6.31. The molecule has 35 heavy (non-hydrogen) atoms. The van der Waals surface area contributed by atoms with Crippen LogP contribution in [0.2, 0.25) is 10.0 Å². The Kier molecular flexibility index (Phi) is 5.39. The third kappa shape index (κ3) is 3.82. The van der Waals surface area contributed by atoms with E-state index >= 15 is 0 Å². The zero-order chi connectivity index (χ0) is 24.5. The van der Waals surface area contributed by atoms with E-state index in [1.165, 1.54) is 12.1 Å². The van der Waals surface area contributed by atoms with Gasteiger partial charge in [0.2, 0.25) is 0 Å². The Morgan fingerprint density at radius 1 is 1.20 bits per heavy atom. The van der Waals surface area contributed by atoms with Gasteiger partial charge in [0.1, 0.15) is 17.3 Å². The summed E-state index contributed by atoms with van der Waals surface area (Å²) in [5.74, 6) is 0.577. The van der Waals surface area contributed by atoms with Crippen LogP contribution in [0.25, 0.3) is 0 Å². The van der Waals surface area contributed by atoms with Crippen molar-refractivity contribution in [3.05, 3.63) is 57.8 Å². The zero-order valence-electron chi connectivity index (χ0n) is 18.5. The molecule has 3 aliphatic carbocycles. The summed E-state index contributed by atoms with van der Waals surface area (Å²) in [6, 6.07) is 9.05. The van der Waals surface area contributed by atoms with Crippen molar-refractivity contribution in [2.24, 2.45) is 17.8 Å². The molecular weight excluding hydrogens is 498 g/mol. The molecule has 0 radical (unpaired) electrons. The van der Waals surface area contributed by atoms with Crippen molar-refractivity contribution in [1.82, 2.24) is 10.6 Å². The standard InChI is InChI=1S/C25H23Cl2FN2O5/c26-11-1-4-20-13(5-11)19(31)8-21(35-20)24(33)29-18-7-15-23-14(18)9-25(15,23)30-22(32)10-34-12-2-3-16(27)17(28)6-12/h1-6,14-15,18-19,21,23,31H,7-10H2,(H,29,33)(H,30,32)/t14-,15+,18+,19+,21+,23?,25-/m0/s1. The molecule has 0 aromatic heterocycles. The summed E-state index contributed by atoms with van der Waals surface area (Å²) in [6.07, 6.45) is 0.162. The summed E-state index contributed by atoms with van der Waals surface area (Å²) in [7, 11) is 0. The van der Waals surface area contributed by atoms with Crippen molar-refractivity contribution < 1.29 is 28.6 Å². The number of carbonyl (C=O) groups is 2. The minimum Gasteiger partial charge on any atom is -0.484 e. The van der Waals surface area contributed by atoms with Gasteiger partial charge in [-0.15, -0.1) is 0 Å². The van der Waals surface area contributed by atoms with E-state index in [4.69, 9.17) is 32.7 Å². The van der Waals surface area contributed by atoms with Gasteiger partial charge in [0.25, 0.3) is 11.8 Å². The van der Waals surface area contributed by atoms with Gasteiger partial charge in [0.15, 0.2) is 12.7 Å². The van der Waals surface area contributed by atoms with Gasteiger partial charge in [-0.3, -0.25) is 9.59 Å². The number of aliphatic hydroxyl groups excluding tert-OH is 1. The quantitative estimate of drug-likeness (QED) is 0.542. The Labute approximate surface area is 210 Å². The maximum atomic E-state index is 13.5. The smallest absolute Gasteiger partial charge is 0.261 e. The third-order valence-corrected chi connectivity index (χ3v) is 8.47. The molecule has 0 spiro atoms. The highest BCUT2D eigenvalue weighted by atomic mass is 35.5. The zero-order valence-corrected chi connectivity index (χ0v) is 20.0. The summed E-state index contributed by atoms with van der Waals surface area (Å²) in [4.78, 5) is 25.3. The van der Waals surface area contributed by atoms with Crippen molar-refractivity contribution in [2.75, 3.05) is 6.61 Å². The Morgan fingerprint density at radius 2 is 2.03 bits per heavy atom. The second-order valence-corrected chi connectivity index (χ2v) is 10.7. The molecule has 0 bridgehead atoms. The fraction of sp³-hybridized carbons (Fsp3) is 0.440. The fourth-order valence-electron chi connectivity index (χ4n) is 6.33. The number of hydrogen-bond acceptors (Lipinski definition) is 5. The van der Waals surface area contributed by atoms with Crippen LogP contribution in [0.5, 0.6) is 11.5 Å². The predicted octanol–water partition coefficient (Wildman–Crippen LogP) is 3.41. The van der Waals surface area contributed by atoms with Crippen LogP contribution in [0.15, 0.2) is 36.4 Å². The topological polar surface area (TPSA) is 96.9 Å². The number of aliphatic hydroxyl groups is 1. The van der Waals surface area contributed by atoms with Crippen LogP contribution in [0.3, 0.4) is 0 Å². The molecular formula is C25H23Cl2FN2O5. The van der Waals surface area contributed by atoms with Gasteiger partial charge in [-0.05, 0) is 60.9 Å². The van der Waals surface area contributed by atoms with E-state index in [0.29, 0.717) is 34.1 Å². The average molecular weight is 521 g/mol. The summed E-state index contributed by atoms with van der Waals surface area (Å²) >= 11 is 11.7. The molecule has 1 aliphatic heterocycles. The molecule has 184 valence electrons. The number of benzene rings is 2. The number of fused-ring (bicyclic) bond motifs is 2. The minimum absolute atomic E-state index is 0.00499. The highest BCUT2D eigenvalue weighted by Gasteiger charge is 2.81. The predicted molar refractivity (Wildman–Crippen MR) is 125 cm³/mol. The molecule has 1 heterocycles. The second-order valence-electron chi connectivity index (χ2n) is 9.84. The Balaban J connectivity index is 0.995. The molecule has 6 rings (SSSR count). The lowest BCUT2D eigenvalue weighted by Gasteiger charge is -2.42. The van der Waals surface area contributed by atoms with Crippen molar-refractivity contribution in [1.29, 1.82) is 0 Å². The van der Waals surface area contributed by atoms with Gasteiger partial charge in [-0.2, -0.15) is 0 Å². The van der Waals surface area contributed by atoms with Gasteiger partial charge in [0.05, 0.1) is 11.1 Å². The number of halogens is 3. The van der Waals surface area contributed by atoms with Crippen LogP contribution >= 0.6 is 23.2 Å². The van der Waals surface area contributed by atoms with Crippen LogP contribution in [0.1, 0.15) is 30.9 Å². The molecule has 3 fully saturated rings. The number of ether oxygens (including phenoxy) is 2. The Bertz CT molecular complexity index is 1220. The summed E-state index contributed by atoms with van der Waals surface area (Å²) < 4.78 is 24.7. The number of amides is 2. The first kappa shape index (κ1) is 22.9. The van der Waals surface area contributed by atoms with E-state index in [1.54, 1.807) is 18.2 Å². The van der Waals surface area contributed by atoms with Gasteiger partial charge in [-0.1, -0.05) is 23.2 Å². The average Bonchev–Trinajstić information content (AvgIpc) is 3.11. The maximum Gasteiger partial charge on any atom is 0.261 e. The Hall–Kier alpha value is -2.55. The summed E-state index contributed by atoms with van der Waals surface area (Å²) in [6.45, 7) is -0.207. The largest absolute Gasteiger partial charge is 0.484 e. The molecule has 2 aromatic rings. The van der Waals surface area contributed by atoms with Crippen LogP contribution in [0.4, 0.5) is 4.39 Å². The monoisotopic (exact) mass is 520 g/mol. The van der Waals surface area contributed by atoms with E-state index in [9.17, 15) is 19.1 Å². The van der Waals surface area contributed by atoms with Gasteiger partial charge < -0.3 is 25.2 Å². The molecule has 2 amide bonds. The maximum absolute atomic E-state index is 13.5. The Morgan fingerprint density at radius 3 is 2.74 bits per heavy atom. The van der Waals surface area contributed by atoms with Crippen LogP contribution in [-0.4, -0.2) is 41.2 Å². The van der Waals surface area contributed by atoms with Crippen molar-refractivity contribution in [2.45, 2.75) is 43.1 Å². The highest BCUT2D eigenvalue weighted by Crippen LogP contribution is 2.75. The van der Waals surface area contributed by atoms with Crippen LogP contribution in [0, 0.1) is 23.6 Å². The lowest BCUT2D eigenvalue weighted by Crippen LogP contribution is -2.58. The molecule has 10 heteroatoms. The van der Waals surface area contributed by atoms with E-state index in [0.717, 1.165) is 18.9 Å². The molecule has 1 unspecified atom stereocenters. The van der Waals surface area contributed by atoms with E-state index in [2.05, 4.69) is 10.6 Å². The fourth-order valence-corrected chi connectivity index (χ4v) is 6.63. The van der Waals surface area contributed by atoms with Gasteiger partial charge in [-0.25, -0.2) is 4.39 Å². The molecule has 0 saturated heterocycles. The summed E-state index contributed by atoms with van der Waals surface area (Å²) in [5.41, 5.74) is 0.376. The molecule has 7 atom stereocenters. The number of carbonyl (C=O) groups excluding carboxylic acids is 2. The van der Waals surface area contributed by atoms with E-state index in [-0.39, 0.29) is 47.2 Å². The first-order chi connectivity index (χ1) is 16.7. The molecule has 3 saturated carbocycles. The minimum atomic E-state index is -0.816. The van der Waals surface area contributed by atoms with Crippen molar-refractivity contribution in [3.63, 3.8) is 0 Å². The summed E-state index contributed by atoms with van der Waals surface area (Å²) in [5, 5.41) is 17.1. The first-order valence-corrected chi connectivity index (χ1v) is 12.3. The SMILES string of the molecule is O=C(COc1ccc(Cl)c(F)c1)N[C@]12C[C@@H]3C1[C@H]2C[C@H]3NC(=O)[C@H]1C[C@@H](O)c2cc(Cl)ccc2O1. The van der Waals surface area contributed by atoms with Crippen LogP contribution < -0.4 is 20.1 Å². The molecule has 7 nitrogen and oxygen atoms in total. The lowest BCUT2D eigenvalue weighted by atomic mass is 9.73. The number of hydrogen-bond donors (Lipinski definition) is 3.